The van der Waals surface area contributed by atoms with Crippen LogP contribution in [0.1, 0.15) is 57.8 Å². The van der Waals surface area contributed by atoms with Gasteiger partial charge < -0.3 is 15.2 Å². The van der Waals surface area contributed by atoms with Gasteiger partial charge in [0.1, 0.15) is 6.61 Å². The third-order valence-electron chi connectivity index (χ3n) is 4.45. The summed E-state index contributed by atoms with van der Waals surface area (Å²) in [5.41, 5.74) is 0. The molecule has 2 saturated carbocycles. The van der Waals surface area contributed by atoms with E-state index in [1.54, 1.807) is 0 Å². The lowest BCUT2D eigenvalue weighted by Gasteiger charge is -2.22. The maximum atomic E-state index is 11.7. The highest BCUT2D eigenvalue weighted by atomic mass is 16.5. The number of aliphatic hydroxyl groups is 1. The van der Waals surface area contributed by atoms with Gasteiger partial charge in [0.2, 0.25) is 5.91 Å². The smallest absolute Gasteiger partial charge is 0.246 e. The fourth-order valence-corrected chi connectivity index (χ4v) is 3.20. The molecule has 0 spiro atoms. The van der Waals surface area contributed by atoms with Crippen molar-refractivity contribution >= 4 is 5.91 Å². The standard InChI is InChI=1S/C15H27NO3/c17-14(12-6-4-5-7-12)10-16-15(18)11-19-13-8-2-1-3-9-13/h12-14,17H,1-11H2,(H,16,18). The van der Waals surface area contributed by atoms with Crippen LogP contribution in [0.3, 0.4) is 0 Å². The quantitative estimate of drug-likeness (QED) is 0.775. The Morgan fingerprint density at radius 3 is 2.42 bits per heavy atom. The zero-order chi connectivity index (χ0) is 13.5. The number of ether oxygens (including phenoxy) is 1. The molecule has 110 valence electrons. The minimum absolute atomic E-state index is 0.0948. The number of aliphatic hydroxyl groups excluding tert-OH is 1. The number of hydrogen-bond donors (Lipinski definition) is 2. The number of amides is 1. The minimum atomic E-state index is -0.388. The molecule has 19 heavy (non-hydrogen) atoms. The van der Waals surface area contributed by atoms with Crippen LogP contribution in [-0.2, 0) is 9.53 Å². The number of carbonyl (C=O) groups is 1. The second-order valence-corrected chi connectivity index (χ2v) is 5.99. The fraction of sp³-hybridized carbons (Fsp3) is 0.933. The van der Waals surface area contributed by atoms with E-state index in [0.29, 0.717) is 12.5 Å². The summed E-state index contributed by atoms with van der Waals surface area (Å²) in [7, 11) is 0. The molecular weight excluding hydrogens is 242 g/mol. The first-order valence-corrected chi connectivity index (χ1v) is 7.82. The third-order valence-corrected chi connectivity index (χ3v) is 4.45. The van der Waals surface area contributed by atoms with Crippen molar-refractivity contribution in [2.24, 2.45) is 5.92 Å². The molecule has 2 fully saturated rings. The van der Waals surface area contributed by atoms with E-state index in [9.17, 15) is 9.90 Å². The molecule has 2 rings (SSSR count). The topological polar surface area (TPSA) is 58.6 Å². The molecule has 0 aromatic heterocycles. The van der Waals surface area contributed by atoms with Gasteiger partial charge in [-0.1, -0.05) is 32.1 Å². The van der Waals surface area contributed by atoms with Crippen LogP contribution < -0.4 is 5.32 Å². The van der Waals surface area contributed by atoms with E-state index in [4.69, 9.17) is 4.74 Å². The molecule has 2 aliphatic carbocycles. The lowest BCUT2D eigenvalue weighted by atomic mass is 9.98. The average molecular weight is 269 g/mol. The molecule has 1 atom stereocenters. The van der Waals surface area contributed by atoms with Gasteiger partial charge in [-0.3, -0.25) is 4.79 Å². The summed E-state index contributed by atoms with van der Waals surface area (Å²) in [5, 5.41) is 12.7. The lowest BCUT2D eigenvalue weighted by Crippen LogP contribution is -2.38. The van der Waals surface area contributed by atoms with Gasteiger partial charge >= 0.3 is 0 Å². The van der Waals surface area contributed by atoms with E-state index in [2.05, 4.69) is 5.32 Å². The van der Waals surface area contributed by atoms with Crippen LogP contribution >= 0.6 is 0 Å². The molecule has 0 radical (unpaired) electrons. The van der Waals surface area contributed by atoms with Gasteiger partial charge in [-0.05, 0) is 31.6 Å². The van der Waals surface area contributed by atoms with Crippen molar-refractivity contribution < 1.29 is 14.6 Å². The monoisotopic (exact) mass is 269 g/mol. The predicted molar refractivity (Wildman–Crippen MR) is 73.8 cm³/mol. The summed E-state index contributed by atoms with van der Waals surface area (Å²) < 4.78 is 5.61. The van der Waals surface area contributed by atoms with Crippen LogP contribution in [0.2, 0.25) is 0 Å². The summed E-state index contributed by atoms with van der Waals surface area (Å²) in [4.78, 5) is 11.7. The molecule has 0 bridgehead atoms. The van der Waals surface area contributed by atoms with E-state index >= 15 is 0 Å². The zero-order valence-electron chi connectivity index (χ0n) is 11.8. The SMILES string of the molecule is O=C(COC1CCCCC1)NCC(O)C1CCCC1. The normalized spacial score (nSPS) is 23.4. The number of rotatable bonds is 6. The summed E-state index contributed by atoms with van der Waals surface area (Å²) in [6, 6.07) is 0. The first-order chi connectivity index (χ1) is 9.25. The van der Waals surface area contributed by atoms with E-state index in [1.807, 2.05) is 0 Å². The third kappa shape index (κ3) is 5.11. The van der Waals surface area contributed by atoms with Gasteiger partial charge in [-0.25, -0.2) is 0 Å². The summed E-state index contributed by atoms with van der Waals surface area (Å²) >= 11 is 0. The van der Waals surface area contributed by atoms with Crippen LogP contribution in [0.15, 0.2) is 0 Å². The Morgan fingerprint density at radius 2 is 1.74 bits per heavy atom. The number of nitrogens with one attached hydrogen (secondary N) is 1. The molecule has 1 amide bonds. The minimum Gasteiger partial charge on any atom is -0.391 e. The fourth-order valence-electron chi connectivity index (χ4n) is 3.20. The van der Waals surface area contributed by atoms with Crippen LogP contribution in [0, 0.1) is 5.92 Å². The molecule has 0 saturated heterocycles. The molecule has 0 aromatic rings. The Hall–Kier alpha value is -0.610. The molecule has 4 heteroatoms. The molecule has 4 nitrogen and oxygen atoms in total. The van der Waals surface area contributed by atoms with Crippen LogP contribution in [0.5, 0.6) is 0 Å². The maximum absolute atomic E-state index is 11.7. The Morgan fingerprint density at radius 1 is 1.11 bits per heavy atom. The van der Waals surface area contributed by atoms with Crippen molar-refractivity contribution in [1.82, 2.24) is 5.32 Å². The van der Waals surface area contributed by atoms with E-state index in [1.165, 1.54) is 32.1 Å². The van der Waals surface area contributed by atoms with Gasteiger partial charge in [-0.2, -0.15) is 0 Å². The van der Waals surface area contributed by atoms with Crippen molar-refractivity contribution in [2.45, 2.75) is 70.0 Å². The van der Waals surface area contributed by atoms with Crippen molar-refractivity contribution in [2.75, 3.05) is 13.2 Å². The molecule has 0 heterocycles. The van der Waals surface area contributed by atoms with E-state index < -0.39 is 0 Å². The van der Waals surface area contributed by atoms with Gasteiger partial charge in [-0.15, -0.1) is 0 Å². The average Bonchev–Trinajstić information content (AvgIpc) is 2.98. The summed E-state index contributed by atoms with van der Waals surface area (Å²) in [5.74, 6) is 0.280. The second kappa shape index (κ2) is 7.85. The Bertz CT molecular complexity index is 271. The predicted octanol–water partition coefficient (Wildman–Crippen LogP) is 2.00. The highest BCUT2D eigenvalue weighted by Crippen LogP contribution is 2.27. The van der Waals surface area contributed by atoms with E-state index in [-0.39, 0.29) is 24.7 Å². The van der Waals surface area contributed by atoms with Crippen molar-refractivity contribution in [3.05, 3.63) is 0 Å². The molecule has 1 unspecified atom stereocenters. The highest BCUT2D eigenvalue weighted by Gasteiger charge is 2.23. The highest BCUT2D eigenvalue weighted by molar-refractivity contribution is 5.77. The lowest BCUT2D eigenvalue weighted by molar-refractivity contribution is -0.129. The maximum Gasteiger partial charge on any atom is 0.246 e. The molecule has 2 aliphatic rings. The first-order valence-electron chi connectivity index (χ1n) is 7.82. The molecule has 2 N–H and O–H groups in total. The van der Waals surface area contributed by atoms with Crippen molar-refractivity contribution in [3.8, 4) is 0 Å². The Balaban J connectivity index is 1.55. The molecular formula is C15H27NO3. The Kier molecular flexibility index (Phi) is 6.11. The van der Waals surface area contributed by atoms with Crippen molar-refractivity contribution in [1.29, 1.82) is 0 Å². The summed E-state index contributed by atoms with van der Waals surface area (Å²) in [6.07, 6.45) is 10.4. The van der Waals surface area contributed by atoms with Gasteiger partial charge in [0.25, 0.3) is 0 Å². The van der Waals surface area contributed by atoms with Crippen LogP contribution in [0.4, 0.5) is 0 Å². The molecule has 0 aliphatic heterocycles. The molecule has 0 aromatic carbocycles. The first kappa shape index (κ1) is 14.8. The largest absolute Gasteiger partial charge is 0.391 e. The second-order valence-electron chi connectivity index (χ2n) is 5.99. The van der Waals surface area contributed by atoms with Gasteiger partial charge in [0.05, 0.1) is 12.2 Å². The summed E-state index contributed by atoms with van der Waals surface area (Å²) in [6.45, 7) is 0.513. The van der Waals surface area contributed by atoms with Gasteiger partial charge in [0, 0.05) is 6.54 Å². The Labute approximate surface area is 115 Å². The van der Waals surface area contributed by atoms with Crippen LogP contribution in [-0.4, -0.2) is 36.4 Å². The number of carbonyl (C=O) groups excluding carboxylic acids is 1. The zero-order valence-corrected chi connectivity index (χ0v) is 11.8. The van der Waals surface area contributed by atoms with E-state index in [0.717, 1.165) is 25.7 Å². The van der Waals surface area contributed by atoms with Crippen molar-refractivity contribution in [3.63, 3.8) is 0 Å². The van der Waals surface area contributed by atoms with Crippen LogP contribution in [0.25, 0.3) is 0 Å². The van der Waals surface area contributed by atoms with Gasteiger partial charge in [0.15, 0.2) is 0 Å². The number of hydrogen-bond acceptors (Lipinski definition) is 3.